The van der Waals surface area contributed by atoms with Crippen molar-refractivity contribution in [1.82, 2.24) is 0 Å². The summed E-state index contributed by atoms with van der Waals surface area (Å²) in [4.78, 5) is 45.9. The third kappa shape index (κ3) is 6.03. The molecule has 0 saturated carbocycles. The van der Waals surface area contributed by atoms with Crippen molar-refractivity contribution in [1.29, 1.82) is 0 Å². The second-order valence-corrected chi connectivity index (χ2v) is 5.71. The van der Waals surface area contributed by atoms with E-state index in [9.17, 15) is 24.5 Å². The molecular formula is C19H18N2O6. The molecule has 0 saturated heterocycles. The van der Waals surface area contributed by atoms with Gasteiger partial charge in [0.1, 0.15) is 0 Å². The molecule has 140 valence electrons. The Kier molecular flexibility index (Phi) is 6.76. The van der Waals surface area contributed by atoms with Gasteiger partial charge in [0.2, 0.25) is 11.7 Å². The number of nitro benzene ring substituents is 1. The highest BCUT2D eigenvalue weighted by atomic mass is 16.6. The third-order valence-electron chi connectivity index (χ3n) is 3.65. The number of hydrogen-bond donors (Lipinski definition) is 1. The number of carbonyl (C=O) groups is 3. The number of hydrogen-bond acceptors (Lipinski definition) is 6. The van der Waals surface area contributed by atoms with E-state index in [4.69, 9.17) is 4.74 Å². The normalized spacial score (nSPS) is 11.3. The molecule has 2 aromatic rings. The maximum absolute atomic E-state index is 12.1. The highest BCUT2D eigenvalue weighted by Gasteiger charge is 2.19. The first kappa shape index (κ1) is 19.8. The second kappa shape index (κ2) is 9.23. The number of nitrogens with zero attached hydrogens (tertiary/aromatic N) is 1. The maximum Gasteiger partial charge on any atom is 0.307 e. The average Bonchev–Trinajstić information content (AvgIpc) is 2.67. The monoisotopic (exact) mass is 370 g/mol. The van der Waals surface area contributed by atoms with Gasteiger partial charge in [-0.05, 0) is 19.1 Å². The molecule has 0 fully saturated rings. The summed E-state index contributed by atoms with van der Waals surface area (Å²) in [7, 11) is 0. The summed E-state index contributed by atoms with van der Waals surface area (Å²) < 4.78 is 5.07. The number of ether oxygens (including phenoxy) is 1. The Labute approximate surface area is 155 Å². The molecule has 0 aliphatic heterocycles. The number of rotatable bonds is 8. The van der Waals surface area contributed by atoms with E-state index < -0.39 is 22.9 Å². The number of carbonyl (C=O) groups excluding carboxylic acids is 3. The quantitative estimate of drug-likeness (QED) is 0.330. The molecule has 0 spiro atoms. The Hall–Kier alpha value is -3.55. The number of benzene rings is 2. The molecule has 2 aromatic carbocycles. The Morgan fingerprint density at radius 2 is 1.67 bits per heavy atom. The van der Waals surface area contributed by atoms with Crippen LogP contribution in [-0.2, 0) is 14.3 Å². The zero-order valence-corrected chi connectivity index (χ0v) is 14.6. The van der Waals surface area contributed by atoms with Crippen LogP contribution in [0.25, 0.3) is 0 Å². The van der Waals surface area contributed by atoms with Crippen molar-refractivity contribution < 1.29 is 24.0 Å². The molecule has 8 heteroatoms. The summed E-state index contributed by atoms with van der Waals surface area (Å²) in [6.45, 7) is 1.48. The van der Waals surface area contributed by atoms with Gasteiger partial charge in [-0.2, -0.15) is 0 Å². The number of nitro groups is 1. The second-order valence-electron chi connectivity index (χ2n) is 5.71. The van der Waals surface area contributed by atoms with Crippen molar-refractivity contribution in [2.75, 3.05) is 5.32 Å². The fourth-order valence-electron chi connectivity index (χ4n) is 2.25. The summed E-state index contributed by atoms with van der Waals surface area (Å²) in [6, 6.07) is 13.8. The highest BCUT2D eigenvalue weighted by molar-refractivity contribution is 6.00. The number of anilines is 1. The van der Waals surface area contributed by atoms with Crippen LogP contribution in [0, 0.1) is 10.1 Å². The minimum absolute atomic E-state index is 0.0892. The fourth-order valence-corrected chi connectivity index (χ4v) is 2.25. The van der Waals surface area contributed by atoms with E-state index in [2.05, 4.69) is 5.32 Å². The highest BCUT2D eigenvalue weighted by Crippen LogP contribution is 2.16. The first-order valence-electron chi connectivity index (χ1n) is 8.20. The molecular weight excluding hydrogens is 352 g/mol. The van der Waals surface area contributed by atoms with Crippen molar-refractivity contribution in [3.8, 4) is 0 Å². The number of nitrogens with one attached hydrogen (secondary N) is 1. The van der Waals surface area contributed by atoms with Gasteiger partial charge >= 0.3 is 5.97 Å². The number of esters is 1. The van der Waals surface area contributed by atoms with E-state index in [1.807, 2.05) is 0 Å². The summed E-state index contributed by atoms with van der Waals surface area (Å²) >= 11 is 0. The minimum atomic E-state index is -0.947. The Balaban J connectivity index is 1.78. The van der Waals surface area contributed by atoms with E-state index in [1.165, 1.54) is 31.2 Å². The van der Waals surface area contributed by atoms with Crippen LogP contribution in [0.3, 0.4) is 0 Å². The van der Waals surface area contributed by atoms with Gasteiger partial charge in [-0.1, -0.05) is 30.3 Å². The lowest BCUT2D eigenvalue weighted by Gasteiger charge is -2.12. The van der Waals surface area contributed by atoms with E-state index in [-0.39, 0.29) is 24.3 Å². The minimum Gasteiger partial charge on any atom is -0.454 e. The van der Waals surface area contributed by atoms with Gasteiger partial charge in [-0.15, -0.1) is 0 Å². The van der Waals surface area contributed by atoms with Crippen LogP contribution >= 0.6 is 0 Å². The summed E-state index contributed by atoms with van der Waals surface area (Å²) in [5, 5.41) is 13.1. The summed E-state index contributed by atoms with van der Waals surface area (Å²) in [5.74, 6) is -1.42. The SMILES string of the molecule is CC(OC(=O)CCC(=O)Nc1ccc([N+](=O)[O-])cc1)C(=O)c1ccccc1. The van der Waals surface area contributed by atoms with Gasteiger partial charge in [0.15, 0.2) is 6.10 Å². The molecule has 27 heavy (non-hydrogen) atoms. The van der Waals surface area contributed by atoms with Gasteiger partial charge in [0.05, 0.1) is 11.3 Å². The Morgan fingerprint density at radius 1 is 1.04 bits per heavy atom. The van der Waals surface area contributed by atoms with Gasteiger partial charge < -0.3 is 10.1 Å². The number of Topliss-reactive ketones (excluding diaryl/α,β-unsaturated/α-hetero) is 1. The van der Waals surface area contributed by atoms with E-state index in [0.717, 1.165) is 0 Å². The van der Waals surface area contributed by atoms with Crippen LogP contribution in [-0.4, -0.2) is 28.7 Å². The van der Waals surface area contributed by atoms with Gasteiger partial charge in [0, 0.05) is 29.8 Å². The number of amides is 1. The molecule has 0 aliphatic carbocycles. The number of ketones is 1. The maximum atomic E-state index is 12.1. The lowest BCUT2D eigenvalue weighted by Crippen LogP contribution is -2.25. The van der Waals surface area contributed by atoms with Gasteiger partial charge in [-0.3, -0.25) is 24.5 Å². The smallest absolute Gasteiger partial charge is 0.307 e. The zero-order valence-electron chi connectivity index (χ0n) is 14.6. The lowest BCUT2D eigenvalue weighted by atomic mass is 10.1. The fraction of sp³-hybridized carbons (Fsp3) is 0.211. The van der Waals surface area contributed by atoms with Crippen LogP contribution in [0.4, 0.5) is 11.4 Å². The Bertz CT molecular complexity index is 833. The predicted molar refractivity (Wildman–Crippen MR) is 97.3 cm³/mol. The van der Waals surface area contributed by atoms with E-state index in [1.54, 1.807) is 30.3 Å². The van der Waals surface area contributed by atoms with Crippen LogP contribution in [0.15, 0.2) is 54.6 Å². The summed E-state index contributed by atoms with van der Waals surface area (Å²) in [6.07, 6.45) is -1.27. The van der Waals surface area contributed by atoms with Crippen LogP contribution in [0.5, 0.6) is 0 Å². The molecule has 0 heterocycles. The van der Waals surface area contributed by atoms with Crippen molar-refractivity contribution in [3.63, 3.8) is 0 Å². The zero-order chi connectivity index (χ0) is 19.8. The van der Waals surface area contributed by atoms with Crippen LogP contribution in [0.1, 0.15) is 30.1 Å². The molecule has 1 N–H and O–H groups in total. The first-order valence-corrected chi connectivity index (χ1v) is 8.20. The Morgan fingerprint density at radius 3 is 2.26 bits per heavy atom. The van der Waals surface area contributed by atoms with Gasteiger partial charge in [0.25, 0.3) is 5.69 Å². The number of non-ortho nitro benzene ring substituents is 1. The molecule has 1 amide bonds. The molecule has 0 aromatic heterocycles. The van der Waals surface area contributed by atoms with Crippen LogP contribution in [0.2, 0.25) is 0 Å². The molecule has 1 unspecified atom stereocenters. The standard InChI is InChI=1S/C19H18N2O6/c1-13(19(24)14-5-3-2-4-6-14)27-18(23)12-11-17(22)20-15-7-9-16(10-8-15)21(25)26/h2-10,13H,11-12H2,1H3,(H,20,22). The molecule has 0 aliphatic rings. The molecule has 1 atom stereocenters. The van der Waals surface area contributed by atoms with Crippen molar-refractivity contribution >= 4 is 29.0 Å². The molecule has 0 radical (unpaired) electrons. The first-order chi connectivity index (χ1) is 12.9. The van der Waals surface area contributed by atoms with E-state index >= 15 is 0 Å². The molecule has 8 nitrogen and oxygen atoms in total. The van der Waals surface area contributed by atoms with Crippen molar-refractivity contribution in [2.45, 2.75) is 25.9 Å². The topological polar surface area (TPSA) is 116 Å². The van der Waals surface area contributed by atoms with Crippen molar-refractivity contribution in [3.05, 3.63) is 70.3 Å². The van der Waals surface area contributed by atoms with Gasteiger partial charge in [-0.25, -0.2) is 0 Å². The molecule has 2 rings (SSSR count). The largest absolute Gasteiger partial charge is 0.454 e. The van der Waals surface area contributed by atoms with E-state index in [0.29, 0.717) is 11.3 Å². The predicted octanol–water partition coefficient (Wildman–Crippen LogP) is 3.13. The third-order valence-corrected chi connectivity index (χ3v) is 3.65. The molecule has 0 bridgehead atoms. The van der Waals surface area contributed by atoms with Crippen molar-refractivity contribution in [2.24, 2.45) is 0 Å². The average molecular weight is 370 g/mol. The van der Waals surface area contributed by atoms with Crippen LogP contribution < -0.4 is 5.32 Å². The summed E-state index contributed by atoms with van der Waals surface area (Å²) in [5.41, 5.74) is 0.731. The lowest BCUT2D eigenvalue weighted by molar-refractivity contribution is -0.384.